The third kappa shape index (κ3) is 48.0. The predicted octanol–water partition coefficient (Wildman–Crippen LogP) is 6.92. The zero-order valence-corrected chi connectivity index (χ0v) is 32.9. The van der Waals surface area contributed by atoms with Crippen molar-refractivity contribution in [3.05, 3.63) is 12.2 Å². The van der Waals surface area contributed by atoms with Gasteiger partial charge in [-0.1, -0.05) is 167 Å². The molecule has 0 saturated carbocycles. The maximum Gasteiger partial charge on any atom is 1.00 e. The third-order valence-electron chi connectivity index (χ3n) is 8.27. The van der Waals surface area contributed by atoms with Gasteiger partial charge in [-0.25, -0.2) is 0 Å². The molecule has 0 aliphatic rings. The van der Waals surface area contributed by atoms with Crippen molar-refractivity contribution >= 4 is 11.9 Å². The van der Waals surface area contributed by atoms with E-state index in [0.717, 1.165) is 32.1 Å². The molecule has 0 spiro atoms. The smallest absolute Gasteiger partial charge is 0.550 e. The number of aliphatic hydroxyl groups excluding tert-OH is 2. The van der Waals surface area contributed by atoms with Crippen LogP contribution in [0.2, 0.25) is 0 Å². The van der Waals surface area contributed by atoms with Crippen LogP contribution in [0.3, 0.4) is 0 Å². The number of aliphatic carboxylic acids is 1. The molecule has 46 heavy (non-hydrogen) atoms. The number of allylic oxidation sites excluding steroid dienone is 2. The van der Waals surface area contributed by atoms with Crippen LogP contribution in [0.15, 0.2) is 12.2 Å². The van der Waals surface area contributed by atoms with Gasteiger partial charge in [-0.15, -0.1) is 0 Å². The van der Waals surface area contributed by atoms with Crippen LogP contribution in [-0.4, -0.2) is 41.5 Å². The molecule has 6 nitrogen and oxygen atoms in total. The van der Waals surface area contributed by atoms with Crippen molar-refractivity contribution in [2.24, 2.45) is 0 Å². The Balaban J connectivity index is -0.000000806. The minimum absolute atomic E-state index is 0. The molecule has 0 fully saturated rings. The number of esters is 1. The molecule has 0 rings (SSSR count). The summed E-state index contributed by atoms with van der Waals surface area (Å²) in [6, 6.07) is 0. The largest absolute Gasteiger partial charge is 1.00 e. The number of unbranched alkanes of at least 4 members (excludes halogenated alkanes) is 25. The van der Waals surface area contributed by atoms with E-state index in [0.29, 0.717) is 6.42 Å². The van der Waals surface area contributed by atoms with Gasteiger partial charge in [-0.05, 0) is 44.9 Å². The van der Waals surface area contributed by atoms with Gasteiger partial charge in [0.25, 0.3) is 0 Å². The summed E-state index contributed by atoms with van der Waals surface area (Å²) in [4.78, 5) is 21.6. The summed E-state index contributed by atoms with van der Waals surface area (Å²) < 4.78 is 4.86. The average Bonchev–Trinajstić information content (AvgIpc) is 3.03. The first-order chi connectivity index (χ1) is 22.0. The standard InChI is InChI=1S/C21H42O4.C18H34O2.Na/c1-2-3-4-5-6-7-8-9-10-11-12-13-14-15-16-17-21(24)25-19-20(23)18-22;1-2-3-4-5-6-7-8-9-10-11-12-13-14-15-16-17-18(19)20;/h20,22-23H,2-19H2,1H3;9-10H,2-8,11-17H2,1H3,(H,19,20);/q;;+1/p-1. The van der Waals surface area contributed by atoms with Gasteiger partial charge in [0, 0.05) is 12.4 Å². The van der Waals surface area contributed by atoms with Gasteiger partial charge in [0.2, 0.25) is 0 Å². The number of carbonyl (C=O) groups excluding carboxylic acids is 2. The molecular formula is C39H75NaO6. The van der Waals surface area contributed by atoms with Crippen LogP contribution in [0.1, 0.15) is 206 Å². The van der Waals surface area contributed by atoms with Crippen molar-refractivity contribution in [1.29, 1.82) is 0 Å². The molecule has 0 amide bonds. The summed E-state index contributed by atoms with van der Waals surface area (Å²) >= 11 is 0. The molecule has 0 aromatic rings. The van der Waals surface area contributed by atoms with Crippen LogP contribution in [0.4, 0.5) is 0 Å². The first-order valence-electron chi connectivity index (χ1n) is 19.3. The van der Waals surface area contributed by atoms with E-state index in [-0.39, 0.29) is 55.2 Å². The van der Waals surface area contributed by atoms with E-state index >= 15 is 0 Å². The Morgan fingerprint density at radius 1 is 0.565 bits per heavy atom. The second kappa shape index (κ2) is 44.6. The number of carboxylic acids is 1. The molecule has 0 saturated heterocycles. The summed E-state index contributed by atoms with van der Waals surface area (Å²) in [5, 5.41) is 27.9. The molecule has 0 bridgehead atoms. The molecule has 7 heteroatoms. The van der Waals surface area contributed by atoms with Gasteiger partial charge >= 0.3 is 35.5 Å². The summed E-state index contributed by atoms with van der Waals surface area (Å²) in [7, 11) is 0. The van der Waals surface area contributed by atoms with Gasteiger partial charge in [0.05, 0.1) is 6.61 Å². The molecule has 1 unspecified atom stereocenters. The molecule has 0 aliphatic carbocycles. The first kappa shape index (κ1) is 50.0. The Kier molecular flexibility index (Phi) is 48.5. The zero-order chi connectivity index (χ0) is 33.5. The van der Waals surface area contributed by atoms with Crippen LogP contribution in [-0.2, 0) is 14.3 Å². The number of aliphatic hydroxyl groups is 2. The minimum Gasteiger partial charge on any atom is -0.550 e. The van der Waals surface area contributed by atoms with E-state index in [1.165, 1.54) is 148 Å². The van der Waals surface area contributed by atoms with Crippen LogP contribution in [0, 0.1) is 0 Å². The molecule has 0 radical (unpaired) electrons. The second-order valence-electron chi connectivity index (χ2n) is 12.9. The minimum atomic E-state index is -0.954. The Bertz CT molecular complexity index is 628. The number of carboxylic acid groups (broad SMARTS) is 1. The molecular weight excluding hydrogens is 587 g/mol. The molecule has 0 aromatic heterocycles. The molecule has 1 atom stereocenters. The quantitative estimate of drug-likeness (QED) is 0.0335. The summed E-state index contributed by atoms with van der Waals surface area (Å²) in [6.45, 7) is 4.05. The number of ether oxygens (including phenoxy) is 1. The van der Waals surface area contributed by atoms with Gasteiger partial charge < -0.3 is 24.9 Å². The monoisotopic (exact) mass is 663 g/mol. The van der Waals surface area contributed by atoms with Crippen LogP contribution < -0.4 is 34.7 Å². The van der Waals surface area contributed by atoms with Gasteiger partial charge in [0.1, 0.15) is 12.7 Å². The van der Waals surface area contributed by atoms with Crippen molar-refractivity contribution in [3.63, 3.8) is 0 Å². The maximum absolute atomic E-state index is 11.4. The second-order valence-corrected chi connectivity index (χ2v) is 12.9. The Labute approximate surface area is 307 Å². The average molecular weight is 663 g/mol. The fourth-order valence-electron chi connectivity index (χ4n) is 5.29. The van der Waals surface area contributed by atoms with E-state index in [9.17, 15) is 14.7 Å². The Morgan fingerprint density at radius 2 is 0.891 bits per heavy atom. The number of hydrogen-bond donors (Lipinski definition) is 2. The van der Waals surface area contributed by atoms with Crippen molar-refractivity contribution in [3.8, 4) is 0 Å². The van der Waals surface area contributed by atoms with Gasteiger partial charge in [-0.2, -0.15) is 0 Å². The number of hydrogen-bond acceptors (Lipinski definition) is 6. The van der Waals surface area contributed by atoms with E-state index in [2.05, 4.69) is 26.0 Å². The van der Waals surface area contributed by atoms with E-state index < -0.39 is 12.1 Å². The number of carbonyl (C=O) groups is 2. The summed E-state index contributed by atoms with van der Waals surface area (Å²) in [5.41, 5.74) is 0. The topological polar surface area (TPSA) is 107 Å². The SMILES string of the molecule is CCCCCCCCC=CCCCCCCCC(=O)[O-].CCCCCCCCCCCCCCCCCC(=O)OCC(O)CO.[Na+]. The molecule has 0 heterocycles. The predicted molar refractivity (Wildman–Crippen MR) is 188 cm³/mol. The van der Waals surface area contributed by atoms with Crippen molar-refractivity contribution in [2.45, 2.75) is 213 Å². The molecule has 0 aromatic carbocycles. The number of rotatable bonds is 34. The summed E-state index contributed by atoms with van der Waals surface area (Å²) in [5.74, 6) is -1.19. The zero-order valence-electron chi connectivity index (χ0n) is 30.9. The fourth-order valence-corrected chi connectivity index (χ4v) is 5.29. The van der Waals surface area contributed by atoms with Gasteiger partial charge in [-0.3, -0.25) is 4.79 Å². The fraction of sp³-hybridized carbons (Fsp3) is 0.897. The molecule has 0 aliphatic heterocycles. The van der Waals surface area contributed by atoms with Crippen LogP contribution in [0.5, 0.6) is 0 Å². The first-order valence-corrected chi connectivity index (χ1v) is 19.3. The van der Waals surface area contributed by atoms with Crippen LogP contribution in [0.25, 0.3) is 0 Å². The Morgan fingerprint density at radius 3 is 1.24 bits per heavy atom. The van der Waals surface area contributed by atoms with Crippen molar-refractivity contribution in [2.75, 3.05) is 13.2 Å². The molecule has 2 N–H and O–H groups in total. The summed E-state index contributed by atoms with van der Waals surface area (Å²) in [6.07, 6.45) is 39.9. The van der Waals surface area contributed by atoms with Crippen molar-refractivity contribution < 1.29 is 59.2 Å². The Hall–Kier alpha value is -0.400. The maximum atomic E-state index is 11.4. The molecule has 268 valence electrons. The van der Waals surface area contributed by atoms with Crippen molar-refractivity contribution in [1.82, 2.24) is 0 Å². The van der Waals surface area contributed by atoms with E-state index in [4.69, 9.17) is 14.9 Å². The van der Waals surface area contributed by atoms with E-state index in [1.54, 1.807) is 0 Å². The van der Waals surface area contributed by atoms with E-state index in [1.807, 2.05) is 0 Å². The van der Waals surface area contributed by atoms with Crippen LogP contribution >= 0.6 is 0 Å². The normalized spacial score (nSPS) is 11.6. The van der Waals surface area contributed by atoms with Gasteiger partial charge in [0.15, 0.2) is 0 Å². The third-order valence-corrected chi connectivity index (χ3v) is 8.27.